The summed E-state index contributed by atoms with van der Waals surface area (Å²) >= 11 is 0. The molecule has 0 spiro atoms. The number of pyridine rings is 3. The van der Waals surface area contributed by atoms with Crippen molar-refractivity contribution in [2.24, 2.45) is 0 Å². The first-order valence-electron chi connectivity index (χ1n) is 16.9. The molecule has 0 saturated carbocycles. The van der Waals surface area contributed by atoms with Crippen molar-refractivity contribution in [3.63, 3.8) is 0 Å². The van der Waals surface area contributed by atoms with Crippen LogP contribution in [0.4, 0.5) is 5.69 Å². The number of carbonyl (C=O) groups is 1. The second-order valence-corrected chi connectivity index (χ2v) is 12.6. The lowest BCUT2D eigenvalue weighted by atomic mass is 10.0. The van der Waals surface area contributed by atoms with E-state index >= 15 is 0 Å². The van der Waals surface area contributed by atoms with E-state index in [9.17, 15) is 4.79 Å². The smallest absolute Gasteiger partial charge is 0.221 e. The van der Waals surface area contributed by atoms with Crippen LogP contribution in [-0.4, -0.2) is 40.8 Å². The number of hydrogen-bond donors (Lipinski definition) is 5. The molecule has 250 valence electrons. The molecule has 5 N–H and O–H groups in total. The van der Waals surface area contributed by atoms with Crippen molar-refractivity contribution in [1.82, 2.24) is 34.9 Å². The summed E-state index contributed by atoms with van der Waals surface area (Å²) in [6.45, 7) is 1.51. The first-order chi connectivity index (χ1) is 25.6. The summed E-state index contributed by atoms with van der Waals surface area (Å²) < 4.78 is 0. The normalized spacial score (nSPS) is 12.6. The largest absolute Gasteiger partial charge is 0.354 e. The van der Waals surface area contributed by atoms with Gasteiger partial charge < -0.3 is 25.3 Å². The molecular formula is C43H32N8O. The molecule has 1 amide bonds. The van der Waals surface area contributed by atoms with Crippen LogP contribution in [0.15, 0.2) is 146 Å². The lowest BCUT2D eigenvalue weighted by molar-refractivity contribution is -0.114. The second kappa shape index (κ2) is 12.9. The number of fused-ring (bicyclic) bond motifs is 8. The highest BCUT2D eigenvalue weighted by molar-refractivity contribution is 5.89. The maximum atomic E-state index is 11.8. The van der Waals surface area contributed by atoms with E-state index in [-0.39, 0.29) is 5.91 Å². The van der Waals surface area contributed by atoms with E-state index < -0.39 is 0 Å². The molecule has 7 aromatic heterocycles. The number of anilines is 1. The van der Waals surface area contributed by atoms with Gasteiger partial charge in [0.1, 0.15) is 0 Å². The second-order valence-electron chi connectivity index (χ2n) is 12.6. The van der Waals surface area contributed by atoms with Crippen LogP contribution in [0.1, 0.15) is 52.0 Å². The number of aromatic nitrogens is 7. The SMILES string of the molecule is CC(=O)Nc1ccc(C2=c3ccc([nH]3)=C(c3cccnc3)c3ccc([nH]3)C(c3cccnc3)=c3ccc([nH]3)=C(c3cccnc3)c3ccc2[nH]3)cc1. The Morgan fingerprint density at radius 2 is 0.808 bits per heavy atom. The Balaban J connectivity index is 1.40. The van der Waals surface area contributed by atoms with E-state index in [1.54, 1.807) is 18.6 Å². The van der Waals surface area contributed by atoms with Crippen molar-refractivity contribution in [3.8, 4) is 0 Å². The number of carbonyl (C=O) groups excluding carboxylic acids is 1. The molecule has 1 aromatic carbocycles. The predicted molar refractivity (Wildman–Crippen MR) is 202 cm³/mol. The van der Waals surface area contributed by atoms with Crippen LogP contribution in [0.3, 0.4) is 0 Å². The summed E-state index contributed by atoms with van der Waals surface area (Å²) in [5, 5.41) is 6.60. The van der Waals surface area contributed by atoms with Crippen LogP contribution in [0.2, 0.25) is 0 Å². The molecule has 8 bridgehead atoms. The van der Waals surface area contributed by atoms with Crippen molar-refractivity contribution in [1.29, 1.82) is 0 Å². The van der Waals surface area contributed by atoms with Crippen LogP contribution in [0.5, 0.6) is 0 Å². The quantitative estimate of drug-likeness (QED) is 0.185. The third-order valence-electron chi connectivity index (χ3n) is 9.24. The molecule has 8 aromatic rings. The molecular weight excluding hydrogens is 645 g/mol. The fraction of sp³-hybridized carbons (Fsp3) is 0.0233. The summed E-state index contributed by atoms with van der Waals surface area (Å²) in [6.07, 6.45) is 11.0. The van der Waals surface area contributed by atoms with Gasteiger partial charge in [0.15, 0.2) is 0 Å². The molecule has 0 aliphatic carbocycles. The fourth-order valence-electron chi connectivity index (χ4n) is 7.03. The lowest BCUT2D eigenvalue weighted by Gasteiger charge is -2.10. The van der Waals surface area contributed by atoms with Gasteiger partial charge in [-0.3, -0.25) is 19.7 Å². The number of aromatic amines is 4. The molecule has 0 saturated heterocycles. The maximum Gasteiger partial charge on any atom is 0.221 e. The monoisotopic (exact) mass is 676 g/mol. The van der Waals surface area contributed by atoms with Crippen LogP contribution in [0.25, 0.3) is 22.3 Å². The number of nitrogens with zero attached hydrogens (tertiary/aromatic N) is 3. The maximum absolute atomic E-state index is 11.8. The first-order valence-corrected chi connectivity index (χ1v) is 16.9. The Bertz CT molecular complexity index is 2820. The lowest BCUT2D eigenvalue weighted by Crippen LogP contribution is -2.19. The molecule has 9 nitrogen and oxygen atoms in total. The molecule has 8 heterocycles. The minimum atomic E-state index is -0.116. The fourth-order valence-corrected chi connectivity index (χ4v) is 7.03. The van der Waals surface area contributed by atoms with Gasteiger partial charge in [-0.15, -0.1) is 0 Å². The van der Waals surface area contributed by atoms with Crippen molar-refractivity contribution < 1.29 is 4.79 Å². The number of nitrogens with one attached hydrogen (secondary N) is 5. The van der Waals surface area contributed by atoms with Crippen LogP contribution >= 0.6 is 0 Å². The van der Waals surface area contributed by atoms with E-state index in [2.05, 4.69) is 107 Å². The Labute approximate surface area is 297 Å². The highest BCUT2D eigenvalue weighted by atomic mass is 16.1. The summed E-state index contributed by atoms with van der Waals surface area (Å²) in [7, 11) is 0. The molecule has 0 unspecified atom stereocenters. The summed E-state index contributed by atoms with van der Waals surface area (Å²) in [5.41, 5.74) is 12.3. The zero-order valence-corrected chi connectivity index (χ0v) is 28.1. The van der Waals surface area contributed by atoms with Gasteiger partial charge in [-0.1, -0.05) is 30.3 Å². The van der Waals surface area contributed by atoms with Gasteiger partial charge in [0, 0.05) is 133 Å². The number of benzene rings is 1. The minimum Gasteiger partial charge on any atom is -0.354 e. The van der Waals surface area contributed by atoms with E-state index in [0.29, 0.717) is 0 Å². The average Bonchev–Trinajstić information content (AvgIpc) is 4.01. The van der Waals surface area contributed by atoms with E-state index in [4.69, 9.17) is 0 Å². The predicted octanol–water partition coefficient (Wildman–Crippen LogP) is 4.45. The van der Waals surface area contributed by atoms with Crippen molar-refractivity contribution >= 4 is 33.9 Å². The number of H-pyrrole nitrogens is 4. The highest BCUT2D eigenvalue weighted by Crippen LogP contribution is 2.28. The number of rotatable bonds is 5. The van der Waals surface area contributed by atoms with Gasteiger partial charge in [0.05, 0.1) is 0 Å². The Morgan fingerprint density at radius 3 is 1.13 bits per heavy atom. The summed E-state index contributed by atoms with van der Waals surface area (Å²) in [5.74, 6) is -0.116. The molecule has 52 heavy (non-hydrogen) atoms. The molecule has 9 heteroatoms. The minimum absolute atomic E-state index is 0.116. The van der Waals surface area contributed by atoms with Gasteiger partial charge >= 0.3 is 0 Å². The molecule has 0 radical (unpaired) electrons. The van der Waals surface area contributed by atoms with Crippen molar-refractivity contribution in [2.45, 2.75) is 6.92 Å². The van der Waals surface area contributed by atoms with E-state index in [1.807, 2.05) is 61.1 Å². The third-order valence-corrected chi connectivity index (χ3v) is 9.24. The van der Waals surface area contributed by atoms with Gasteiger partial charge in [-0.2, -0.15) is 0 Å². The summed E-state index contributed by atoms with van der Waals surface area (Å²) in [6, 6.07) is 36.9. The summed E-state index contributed by atoms with van der Waals surface area (Å²) in [4.78, 5) is 40.3. The Morgan fingerprint density at radius 1 is 0.442 bits per heavy atom. The van der Waals surface area contributed by atoms with Gasteiger partial charge in [0.2, 0.25) is 5.91 Å². The van der Waals surface area contributed by atoms with Crippen LogP contribution < -0.4 is 26.7 Å². The van der Waals surface area contributed by atoms with E-state index in [0.717, 1.165) is 94.4 Å². The van der Waals surface area contributed by atoms with Crippen molar-refractivity contribution in [3.05, 3.63) is 213 Å². The number of hydrogen-bond acceptors (Lipinski definition) is 4. The molecule has 1 aliphatic heterocycles. The molecule has 0 fully saturated rings. The third kappa shape index (κ3) is 5.66. The van der Waals surface area contributed by atoms with E-state index in [1.165, 1.54) is 6.92 Å². The van der Waals surface area contributed by atoms with Gasteiger partial charge in [-0.25, -0.2) is 0 Å². The topological polar surface area (TPSA) is 131 Å². The molecule has 0 atom stereocenters. The Kier molecular flexibility index (Phi) is 7.63. The van der Waals surface area contributed by atoms with Gasteiger partial charge in [0.25, 0.3) is 0 Å². The van der Waals surface area contributed by atoms with Crippen molar-refractivity contribution in [2.75, 3.05) is 5.32 Å². The first kappa shape index (κ1) is 30.8. The number of amides is 1. The van der Waals surface area contributed by atoms with Gasteiger partial charge in [-0.05, 0) is 84.4 Å². The standard InChI is InChI=1S/C43H32N8O/c1-26(52)47-31-10-8-27(9-11-31)40-32-12-14-34(48-32)41(28-5-2-20-44-23-28)36-16-18-38(50-36)43(30-7-4-22-46-25-30)39-19-17-37(51-39)42(29-6-3-21-45-24-29)35-15-13-33(40)49-35/h2-25,48-51H,1H3,(H,47,52). The molecule has 1 aliphatic rings. The van der Waals surface area contributed by atoms with Crippen LogP contribution in [0, 0.1) is 0 Å². The van der Waals surface area contributed by atoms with Crippen LogP contribution in [-0.2, 0) is 4.79 Å². The zero-order valence-electron chi connectivity index (χ0n) is 28.1. The highest BCUT2D eigenvalue weighted by Gasteiger charge is 2.18. The zero-order chi connectivity index (χ0) is 35.0. The average molecular weight is 677 g/mol. The molecule has 9 rings (SSSR count). The Hall–Kier alpha value is -7.26.